The second kappa shape index (κ2) is 10.4. The predicted octanol–water partition coefficient (Wildman–Crippen LogP) is 0.227. The Morgan fingerprint density at radius 1 is 1.07 bits per heavy atom. The summed E-state index contributed by atoms with van der Waals surface area (Å²) in [5.74, 6) is -0.968. The lowest BCUT2D eigenvalue weighted by atomic mass is 10.1. The highest BCUT2D eigenvalue weighted by Gasteiger charge is 2.24. The van der Waals surface area contributed by atoms with Gasteiger partial charge in [-0.15, -0.1) is 0 Å². The standard InChI is InChI=1S/C18H24N4O7/c19-15(18(25)26)5-6-16(23)20-8-10-21(11-9-20)17(24)7-12-29-14-3-1-13(2-4-14)22(27)28/h1-4,15H,5-12,19H2,(H,25,26)/t15-/m0/s1. The Morgan fingerprint density at radius 3 is 2.07 bits per heavy atom. The number of benzene rings is 1. The summed E-state index contributed by atoms with van der Waals surface area (Å²) in [6.07, 6.45) is 0.288. The number of nitro benzene ring substituents is 1. The third kappa shape index (κ3) is 6.71. The van der Waals surface area contributed by atoms with Gasteiger partial charge in [0.2, 0.25) is 11.8 Å². The molecule has 1 aliphatic rings. The number of aliphatic carboxylic acids is 1. The van der Waals surface area contributed by atoms with E-state index in [9.17, 15) is 24.5 Å². The SMILES string of the molecule is N[C@@H](CCC(=O)N1CCN(C(=O)CCOc2ccc([N+](=O)[O-])cc2)CC1)C(=O)O. The third-order valence-corrected chi connectivity index (χ3v) is 4.60. The first-order valence-electron chi connectivity index (χ1n) is 9.19. The fraction of sp³-hybridized carbons (Fsp3) is 0.500. The number of piperazine rings is 1. The van der Waals surface area contributed by atoms with Gasteiger partial charge in [0.15, 0.2) is 0 Å². The molecule has 1 aliphatic heterocycles. The summed E-state index contributed by atoms with van der Waals surface area (Å²) >= 11 is 0. The molecule has 29 heavy (non-hydrogen) atoms. The Balaban J connectivity index is 1.68. The van der Waals surface area contributed by atoms with Crippen molar-refractivity contribution in [2.75, 3.05) is 32.8 Å². The topological polar surface area (TPSA) is 156 Å². The molecule has 0 aromatic heterocycles. The van der Waals surface area contributed by atoms with Crippen LogP contribution < -0.4 is 10.5 Å². The normalized spacial score (nSPS) is 14.9. The van der Waals surface area contributed by atoms with E-state index in [0.717, 1.165) is 0 Å². The average Bonchev–Trinajstić information content (AvgIpc) is 2.72. The zero-order valence-electron chi connectivity index (χ0n) is 15.9. The molecule has 3 N–H and O–H groups in total. The second-order valence-corrected chi connectivity index (χ2v) is 6.59. The lowest BCUT2D eigenvalue weighted by Gasteiger charge is -2.35. The highest BCUT2D eigenvalue weighted by atomic mass is 16.6. The third-order valence-electron chi connectivity index (χ3n) is 4.60. The van der Waals surface area contributed by atoms with Gasteiger partial charge in [-0.3, -0.25) is 24.5 Å². The number of nitro groups is 1. The number of nitrogens with zero attached hydrogens (tertiary/aromatic N) is 3. The van der Waals surface area contributed by atoms with Gasteiger partial charge in [0.25, 0.3) is 5.69 Å². The van der Waals surface area contributed by atoms with Crippen LogP contribution in [0.5, 0.6) is 5.75 Å². The van der Waals surface area contributed by atoms with Crippen LogP contribution in [0.3, 0.4) is 0 Å². The van der Waals surface area contributed by atoms with Crippen LogP contribution >= 0.6 is 0 Å². The summed E-state index contributed by atoms with van der Waals surface area (Å²) in [6.45, 7) is 1.70. The minimum absolute atomic E-state index is 0.0363. The molecule has 0 spiro atoms. The summed E-state index contributed by atoms with van der Waals surface area (Å²) in [6, 6.07) is 4.55. The molecule has 0 radical (unpaired) electrons. The molecule has 158 valence electrons. The maximum Gasteiger partial charge on any atom is 0.320 e. The molecule has 1 heterocycles. The second-order valence-electron chi connectivity index (χ2n) is 6.59. The van der Waals surface area contributed by atoms with Crippen molar-refractivity contribution in [2.45, 2.75) is 25.3 Å². The molecule has 1 aromatic rings. The van der Waals surface area contributed by atoms with Gasteiger partial charge < -0.3 is 25.4 Å². The first kappa shape index (κ1) is 22.1. The van der Waals surface area contributed by atoms with Crippen LogP contribution in [0.25, 0.3) is 0 Å². The molecule has 0 bridgehead atoms. The van der Waals surface area contributed by atoms with Gasteiger partial charge in [-0.1, -0.05) is 0 Å². The minimum Gasteiger partial charge on any atom is -0.493 e. The van der Waals surface area contributed by atoms with Gasteiger partial charge >= 0.3 is 5.97 Å². The number of non-ortho nitro benzene ring substituents is 1. The molecule has 1 aromatic carbocycles. The molecule has 11 heteroatoms. The largest absolute Gasteiger partial charge is 0.493 e. The molecule has 2 rings (SSSR count). The number of carboxylic acids is 1. The van der Waals surface area contributed by atoms with E-state index in [1.54, 1.807) is 9.80 Å². The summed E-state index contributed by atoms with van der Waals surface area (Å²) in [5.41, 5.74) is 5.36. The van der Waals surface area contributed by atoms with Crippen LogP contribution in [0.1, 0.15) is 19.3 Å². The van der Waals surface area contributed by atoms with Crippen LogP contribution in [-0.2, 0) is 14.4 Å². The number of rotatable bonds is 9. The van der Waals surface area contributed by atoms with Crippen LogP contribution in [0.2, 0.25) is 0 Å². The highest BCUT2D eigenvalue weighted by Crippen LogP contribution is 2.17. The van der Waals surface area contributed by atoms with E-state index in [1.807, 2.05) is 0 Å². The maximum absolute atomic E-state index is 12.3. The minimum atomic E-state index is -1.14. The van der Waals surface area contributed by atoms with Crippen molar-refractivity contribution in [2.24, 2.45) is 5.73 Å². The van der Waals surface area contributed by atoms with Crippen molar-refractivity contribution in [3.63, 3.8) is 0 Å². The van der Waals surface area contributed by atoms with Gasteiger partial charge in [-0.05, 0) is 18.6 Å². The highest BCUT2D eigenvalue weighted by molar-refractivity contribution is 5.79. The fourth-order valence-electron chi connectivity index (χ4n) is 2.84. The van der Waals surface area contributed by atoms with Gasteiger partial charge in [-0.25, -0.2) is 0 Å². The smallest absolute Gasteiger partial charge is 0.320 e. The maximum atomic E-state index is 12.3. The molecule has 1 fully saturated rings. The Hall–Kier alpha value is -3.21. The monoisotopic (exact) mass is 408 g/mol. The summed E-state index contributed by atoms with van der Waals surface area (Å²) in [4.78, 5) is 48.4. The molecule has 1 atom stereocenters. The van der Waals surface area contributed by atoms with Crippen molar-refractivity contribution < 1.29 is 29.2 Å². The quantitative estimate of drug-likeness (QED) is 0.434. The number of nitrogens with two attached hydrogens (primary N) is 1. The molecule has 2 amide bonds. The molecule has 1 saturated heterocycles. The van der Waals surface area contributed by atoms with E-state index in [4.69, 9.17) is 15.6 Å². The van der Waals surface area contributed by atoms with Crippen molar-refractivity contribution in [1.82, 2.24) is 9.80 Å². The van der Waals surface area contributed by atoms with E-state index in [1.165, 1.54) is 24.3 Å². The van der Waals surface area contributed by atoms with Crippen molar-refractivity contribution >= 4 is 23.5 Å². The van der Waals surface area contributed by atoms with E-state index in [0.29, 0.717) is 31.9 Å². The van der Waals surface area contributed by atoms with Crippen molar-refractivity contribution in [1.29, 1.82) is 0 Å². The molecule has 0 saturated carbocycles. The Labute approximate surface area is 167 Å². The zero-order valence-corrected chi connectivity index (χ0v) is 15.9. The molecule has 0 aliphatic carbocycles. The van der Waals surface area contributed by atoms with Gasteiger partial charge in [0.05, 0.1) is 18.0 Å². The van der Waals surface area contributed by atoms with Crippen LogP contribution in [0.4, 0.5) is 5.69 Å². The lowest BCUT2D eigenvalue weighted by Crippen LogP contribution is -2.51. The fourth-order valence-corrected chi connectivity index (χ4v) is 2.84. The average molecular weight is 408 g/mol. The molecular weight excluding hydrogens is 384 g/mol. The Morgan fingerprint density at radius 2 is 1.59 bits per heavy atom. The molecule has 0 unspecified atom stereocenters. The van der Waals surface area contributed by atoms with Crippen LogP contribution in [-0.4, -0.2) is 76.4 Å². The first-order valence-corrected chi connectivity index (χ1v) is 9.19. The number of hydrogen-bond acceptors (Lipinski definition) is 7. The van der Waals surface area contributed by atoms with Crippen molar-refractivity contribution in [3.8, 4) is 5.75 Å². The Kier molecular flexibility index (Phi) is 7.89. The lowest BCUT2D eigenvalue weighted by molar-refractivity contribution is -0.384. The van der Waals surface area contributed by atoms with Crippen LogP contribution in [0.15, 0.2) is 24.3 Å². The van der Waals surface area contributed by atoms with Crippen molar-refractivity contribution in [3.05, 3.63) is 34.4 Å². The van der Waals surface area contributed by atoms with Gasteiger partial charge in [0.1, 0.15) is 11.8 Å². The summed E-state index contributed by atoms with van der Waals surface area (Å²) < 4.78 is 5.44. The summed E-state index contributed by atoms with van der Waals surface area (Å²) in [5, 5.41) is 19.4. The van der Waals surface area contributed by atoms with E-state index in [-0.39, 0.29) is 43.4 Å². The van der Waals surface area contributed by atoms with Gasteiger partial charge in [0, 0.05) is 44.7 Å². The van der Waals surface area contributed by atoms with E-state index >= 15 is 0 Å². The number of carbonyl (C=O) groups excluding carboxylic acids is 2. The number of carboxylic acid groups (broad SMARTS) is 1. The molecular formula is C18H24N4O7. The predicted molar refractivity (Wildman–Crippen MR) is 101 cm³/mol. The summed E-state index contributed by atoms with van der Waals surface area (Å²) in [7, 11) is 0. The first-order chi connectivity index (χ1) is 13.8. The number of amides is 2. The van der Waals surface area contributed by atoms with E-state index in [2.05, 4.69) is 0 Å². The zero-order chi connectivity index (χ0) is 21.4. The van der Waals surface area contributed by atoms with Crippen LogP contribution in [0, 0.1) is 10.1 Å². The number of hydrogen-bond donors (Lipinski definition) is 2. The number of ether oxygens (including phenoxy) is 1. The number of carbonyl (C=O) groups is 3. The van der Waals surface area contributed by atoms with Gasteiger partial charge in [-0.2, -0.15) is 0 Å². The molecule has 11 nitrogen and oxygen atoms in total. The Bertz CT molecular complexity index is 745. The van der Waals surface area contributed by atoms with E-state index < -0.39 is 16.9 Å².